The van der Waals surface area contributed by atoms with Gasteiger partial charge < -0.3 is 10.3 Å². The molecule has 106 valence electrons. The molecule has 1 aromatic heterocycles. The lowest BCUT2D eigenvalue weighted by Gasteiger charge is -2.06. The van der Waals surface area contributed by atoms with E-state index in [0.29, 0.717) is 17.4 Å². The van der Waals surface area contributed by atoms with Crippen LogP contribution in [-0.2, 0) is 6.42 Å². The number of carbonyl (C=O) groups excluding carboxylic acids is 1. The lowest BCUT2D eigenvalue weighted by molar-refractivity contribution is 0.0952. The van der Waals surface area contributed by atoms with Crippen LogP contribution in [0.1, 0.15) is 29.3 Å². The number of pyridine rings is 1. The van der Waals surface area contributed by atoms with Crippen molar-refractivity contribution >= 4 is 16.8 Å². The molecule has 0 atom stereocenters. The molecule has 1 amide bonds. The fourth-order valence-electron chi connectivity index (χ4n) is 2.03. The van der Waals surface area contributed by atoms with Crippen molar-refractivity contribution in [1.29, 1.82) is 0 Å². The van der Waals surface area contributed by atoms with Crippen LogP contribution in [0.25, 0.3) is 10.9 Å². The van der Waals surface area contributed by atoms with Gasteiger partial charge in [-0.25, -0.2) is 0 Å². The van der Waals surface area contributed by atoms with Crippen LogP contribution in [0.5, 0.6) is 0 Å². The van der Waals surface area contributed by atoms with Crippen molar-refractivity contribution in [2.24, 2.45) is 0 Å². The molecule has 0 spiro atoms. The summed E-state index contributed by atoms with van der Waals surface area (Å²) >= 11 is 0. The van der Waals surface area contributed by atoms with Gasteiger partial charge in [-0.15, -0.1) is 0 Å². The van der Waals surface area contributed by atoms with Crippen LogP contribution in [-0.4, -0.2) is 24.1 Å². The SMILES string of the molecule is CCCNC(=O)c1c[nH]c2ccc(CC[18F])cc2c1=O. The highest BCUT2D eigenvalue weighted by Crippen LogP contribution is 2.12. The number of carbonyl (C=O) groups is 1. The van der Waals surface area contributed by atoms with Crippen LogP contribution < -0.4 is 10.7 Å². The number of fused-ring (bicyclic) bond motifs is 1. The number of nitrogens with one attached hydrogen (secondary N) is 2. The number of aromatic amines is 1. The maximum atomic E-state index is 12.4. The summed E-state index contributed by atoms with van der Waals surface area (Å²) in [6.07, 6.45) is 2.49. The number of amides is 1. The molecule has 1 aromatic carbocycles. The lowest BCUT2D eigenvalue weighted by Crippen LogP contribution is -2.29. The molecule has 0 aliphatic heterocycles. The molecule has 20 heavy (non-hydrogen) atoms. The third kappa shape index (κ3) is 2.87. The second kappa shape index (κ2) is 6.32. The van der Waals surface area contributed by atoms with Crippen LogP contribution >= 0.6 is 0 Å². The van der Waals surface area contributed by atoms with Gasteiger partial charge in [-0.2, -0.15) is 0 Å². The van der Waals surface area contributed by atoms with Crippen molar-refractivity contribution < 1.29 is 9.18 Å². The number of H-pyrrole nitrogens is 1. The summed E-state index contributed by atoms with van der Waals surface area (Å²) in [4.78, 5) is 27.1. The van der Waals surface area contributed by atoms with E-state index in [4.69, 9.17) is 0 Å². The Morgan fingerprint density at radius 2 is 2.20 bits per heavy atom. The number of aromatic nitrogens is 1. The molecule has 0 radical (unpaired) electrons. The van der Waals surface area contributed by atoms with Crippen molar-refractivity contribution in [3.8, 4) is 0 Å². The second-order valence-corrected chi connectivity index (χ2v) is 4.61. The lowest BCUT2D eigenvalue weighted by atomic mass is 10.1. The minimum Gasteiger partial charge on any atom is -0.360 e. The zero-order valence-corrected chi connectivity index (χ0v) is 11.3. The van der Waals surface area contributed by atoms with E-state index >= 15 is 0 Å². The van der Waals surface area contributed by atoms with Gasteiger partial charge in [0.1, 0.15) is 5.56 Å². The van der Waals surface area contributed by atoms with E-state index in [2.05, 4.69) is 10.3 Å². The van der Waals surface area contributed by atoms with E-state index in [1.54, 1.807) is 18.2 Å². The Balaban J connectivity index is 2.45. The van der Waals surface area contributed by atoms with Crippen LogP contribution in [0, 0.1) is 0 Å². The largest absolute Gasteiger partial charge is 0.360 e. The molecular weight excluding hydrogens is 258 g/mol. The molecular formula is C15H17FN2O2. The first-order valence-electron chi connectivity index (χ1n) is 6.66. The molecule has 0 aliphatic rings. The van der Waals surface area contributed by atoms with E-state index in [1.165, 1.54) is 6.20 Å². The van der Waals surface area contributed by atoms with Gasteiger partial charge in [0.25, 0.3) is 5.91 Å². The minimum absolute atomic E-state index is 0.0864. The fraction of sp³-hybridized carbons (Fsp3) is 0.333. The monoisotopic (exact) mass is 275 g/mol. The van der Waals surface area contributed by atoms with E-state index in [1.807, 2.05) is 6.92 Å². The van der Waals surface area contributed by atoms with Gasteiger partial charge >= 0.3 is 0 Å². The minimum atomic E-state index is -0.472. The molecule has 5 heteroatoms. The Hall–Kier alpha value is -2.17. The Morgan fingerprint density at radius 1 is 1.40 bits per heavy atom. The topological polar surface area (TPSA) is 62.0 Å². The van der Waals surface area contributed by atoms with Gasteiger partial charge in [0.15, 0.2) is 0 Å². The second-order valence-electron chi connectivity index (χ2n) is 4.61. The number of benzene rings is 1. The maximum absolute atomic E-state index is 12.4. The first-order chi connectivity index (χ1) is 9.67. The number of rotatable bonds is 5. The number of halogens is 1. The van der Waals surface area contributed by atoms with Crippen molar-refractivity contribution in [2.75, 3.05) is 13.2 Å². The van der Waals surface area contributed by atoms with E-state index in [0.717, 1.165) is 12.0 Å². The smallest absolute Gasteiger partial charge is 0.256 e. The molecule has 0 unspecified atom stereocenters. The fourth-order valence-corrected chi connectivity index (χ4v) is 2.03. The van der Waals surface area contributed by atoms with Crippen molar-refractivity contribution in [2.45, 2.75) is 19.8 Å². The summed E-state index contributed by atoms with van der Waals surface area (Å²) in [6, 6.07) is 5.15. The quantitative estimate of drug-likeness (QED) is 0.878. The van der Waals surface area contributed by atoms with E-state index < -0.39 is 6.67 Å². The Labute approximate surface area is 116 Å². The Bertz CT molecular complexity index is 679. The van der Waals surface area contributed by atoms with Gasteiger partial charge in [-0.3, -0.25) is 14.0 Å². The molecule has 2 N–H and O–H groups in total. The van der Waals surface area contributed by atoms with E-state index in [9.17, 15) is 14.0 Å². The molecule has 0 fully saturated rings. The third-order valence-electron chi connectivity index (χ3n) is 3.11. The summed E-state index contributed by atoms with van der Waals surface area (Å²) in [5, 5.41) is 3.09. The Kier molecular flexibility index (Phi) is 4.50. The van der Waals surface area contributed by atoms with Crippen LogP contribution in [0.15, 0.2) is 29.2 Å². The predicted octanol–water partition coefficient (Wildman–Crippen LogP) is 2.18. The summed E-state index contributed by atoms with van der Waals surface area (Å²) < 4.78 is 12.4. The summed E-state index contributed by atoms with van der Waals surface area (Å²) in [7, 11) is 0. The predicted molar refractivity (Wildman–Crippen MR) is 76.9 cm³/mol. The number of alkyl halides is 1. The average Bonchev–Trinajstić information content (AvgIpc) is 2.46. The molecule has 0 saturated carbocycles. The first kappa shape index (κ1) is 14.2. The highest BCUT2D eigenvalue weighted by molar-refractivity contribution is 5.97. The highest BCUT2D eigenvalue weighted by Gasteiger charge is 2.12. The van der Waals surface area contributed by atoms with Crippen LogP contribution in [0.2, 0.25) is 0 Å². The third-order valence-corrected chi connectivity index (χ3v) is 3.11. The van der Waals surface area contributed by atoms with Crippen molar-refractivity contribution in [1.82, 2.24) is 10.3 Å². The van der Waals surface area contributed by atoms with Gasteiger partial charge in [-0.05, 0) is 24.1 Å². The van der Waals surface area contributed by atoms with Crippen LogP contribution in [0.4, 0.5) is 4.39 Å². The van der Waals surface area contributed by atoms with Gasteiger partial charge in [0.2, 0.25) is 5.43 Å². The number of hydrogen-bond donors (Lipinski definition) is 2. The first-order valence-corrected chi connectivity index (χ1v) is 6.66. The number of aryl methyl sites for hydroxylation is 1. The molecule has 0 bridgehead atoms. The maximum Gasteiger partial charge on any atom is 0.256 e. The van der Waals surface area contributed by atoms with Crippen molar-refractivity contribution in [3.05, 3.63) is 45.7 Å². The van der Waals surface area contributed by atoms with E-state index in [-0.39, 0.29) is 23.3 Å². The molecule has 4 nitrogen and oxygen atoms in total. The van der Waals surface area contributed by atoms with Gasteiger partial charge in [0, 0.05) is 30.1 Å². The highest BCUT2D eigenvalue weighted by atomic mass is 18.2. The average molecular weight is 275 g/mol. The molecule has 2 rings (SSSR count). The standard InChI is InChI=1S/C15H17FN2O2/c1-2-7-17-15(20)12-9-18-13-4-3-10(5-6-16)8-11(13)14(12)19/h3-4,8-9H,2,5-7H2,1H3,(H,17,20)(H,18,19)/i16-1. The molecule has 2 aromatic rings. The normalized spacial score (nSPS) is 10.7. The Morgan fingerprint density at radius 3 is 2.90 bits per heavy atom. The molecule has 1 heterocycles. The molecule has 0 aliphatic carbocycles. The summed E-state index contributed by atoms with van der Waals surface area (Å²) in [6.45, 7) is 1.99. The van der Waals surface area contributed by atoms with Crippen molar-refractivity contribution in [3.63, 3.8) is 0 Å². The summed E-state index contributed by atoms with van der Waals surface area (Å²) in [5.74, 6) is -0.383. The van der Waals surface area contributed by atoms with Gasteiger partial charge in [0.05, 0.1) is 6.67 Å². The zero-order valence-electron chi connectivity index (χ0n) is 11.3. The summed E-state index contributed by atoms with van der Waals surface area (Å²) in [5.41, 5.74) is 1.15. The molecule has 0 saturated heterocycles. The van der Waals surface area contributed by atoms with Gasteiger partial charge in [-0.1, -0.05) is 13.0 Å². The zero-order chi connectivity index (χ0) is 14.5. The van der Waals surface area contributed by atoms with Crippen LogP contribution in [0.3, 0.4) is 0 Å². The number of hydrogen-bond acceptors (Lipinski definition) is 2.